The van der Waals surface area contributed by atoms with E-state index in [1.54, 1.807) is 6.92 Å². The van der Waals surface area contributed by atoms with Crippen LogP contribution in [0.25, 0.3) is 0 Å². The molecule has 0 spiro atoms. The molecule has 0 radical (unpaired) electrons. The number of carbonyl (C=O) groups excluding carboxylic acids is 1. The minimum atomic E-state index is -2.17. The highest BCUT2D eigenvalue weighted by atomic mass is 28.4. The van der Waals surface area contributed by atoms with E-state index < -0.39 is 31.9 Å². The van der Waals surface area contributed by atoms with E-state index in [0.29, 0.717) is 18.8 Å². The van der Waals surface area contributed by atoms with E-state index in [-0.39, 0.29) is 17.2 Å². The van der Waals surface area contributed by atoms with Gasteiger partial charge in [-0.25, -0.2) is 4.79 Å². The molecule has 0 fully saturated rings. The lowest BCUT2D eigenvalue weighted by molar-refractivity contribution is -0.142. The van der Waals surface area contributed by atoms with Gasteiger partial charge in [0.15, 0.2) is 8.32 Å². The van der Waals surface area contributed by atoms with Gasteiger partial charge in [-0.2, -0.15) is 0 Å². The van der Waals surface area contributed by atoms with Crippen LogP contribution in [0.3, 0.4) is 0 Å². The Morgan fingerprint density at radius 3 is 1.86 bits per heavy atom. The molecule has 1 amide bonds. The van der Waals surface area contributed by atoms with Crippen molar-refractivity contribution in [3.8, 4) is 0 Å². The smallest absolute Gasteiger partial charge is 0.407 e. The summed E-state index contributed by atoms with van der Waals surface area (Å²) < 4.78 is 12.1. The molecule has 0 aliphatic rings. The molecule has 0 aromatic heterocycles. The summed E-state index contributed by atoms with van der Waals surface area (Å²) in [5.41, 5.74) is -0.601. The molecule has 0 unspecified atom stereocenters. The summed E-state index contributed by atoms with van der Waals surface area (Å²) in [5.74, 6) is -1.11. The van der Waals surface area contributed by atoms with Crippen LogP contribution >= 0.6 is 0 Å². The molecule has 0 saturated carbocycles. The van der Waals surface area contributed by atoms with E-state index in [0.717, 1.165) is 0 Å². The third-order valence-electron chi connectivity index (χ3n) is 5.14. The number of rotatable bonds is 9. The van der Waals surface area contributed by atoms with E-state index in [1.807, 2.05) is 20.8 Å². The van der Waals surface area contributed by atoms with Crippen molar-refractivity contribution in [2.75, 3.05) is 0 Å². The average Bonchev–Trinajstić information content (AvgIpc) is 2.41. The molecule has 2 N–H and O–H groups in total. The summed E-state index contributed by atoms with van der Waals surface area (Å²) in [4.78, 5) is 23.9. The normalized spacial score (nSPS) is 16.4. The highest BCUT2D eigenvalue weighted by molar-refractivity contribution is 6.74. The van der Waals surface area contributed by atoms with Gasteiger partial charge in [0.05, 0.1) is 18.1 Å². The maximum absolute atomic E-state index is 12.4. The molecule has 166 valence electrons. The van der Waals surface area contributed by atoms with Crippen molar-refractivity contribution in [3.63, 3.8) is 0 Å². The van der Waals surface area contributed by atoms with Gasteiger partial charge in [-0.05, 0) is 57.7 Å². The van der Waals surface area contributed by atoms with Crippen molar-refractivity contribution >= 4 is 20.4 Å². The van der Waals surface area contributed by atoms with Gasteiger partial charge in [0.25, 0.3) is 0 Å². The quantitative estimate of drug-likeness (QED) is 0.489. The van der Waals surface area contributed by atoms with E-state index >= 15 is 0 Å². The number of carbonyl (C=O) groups is 2. The third kappa shape index (κ3) is 9.91. The molecule has 0 bridgehead atoms. The number of hydrogen-bond acceptors (Lipinski definition) is 4. The standard InChI is InChI=1S/C21H43NO5Si/c1-14(2)12-16(22-19(25)26-20(4,5)6)17(13-15(3)18(23)24)27-28(10,11)21(7,8)9/h14-17H,12-13H2,1-11H3,(H,22,25)(H,23,24)/t15-,16+,17+/m1/s1. The van der Waals surface area contributed by atoms with Crippen LogP contribution in [0.15, 0.2) is 0 Å². The van der Waals surface area contributed by atoms with Gasteiger partial charge in [0.1, 0.15) is 5.60 Å². The number of hydrogen-bond donors (Lipinski definition) is 2. The molecule has 0 rings (SSSR count). The molecule has 3 atom stereocenters. The van der Waals surface area contributed by atoms with Crippen molar-refractivity contribution < 1.29 is 23.9 Å². The third-order valence-corrected chi connectivity index (χ3v) is 9.64. The lowest BCUT2D eigenvalue weighted by Crippen LogP contribution is -2.53. The minimum Gasteiger partial charge on any atom is -0.481 e. The van der Waals surface area contributed by atoms with Crippen molar-refractivity contribution in [1.29, 1.82) is 0 Å². The van der Waals surface area contributed by atoms with E-state index in [9.17, 15) is 14.7 Å². The van der Waals surface area contributed by atoms with Crippen LogP contribution in [0.2, 0.25) is 18.1 Å². The van der Waals surface area contributed by atoms with Crippen LogP contribution in [0.1, 0.15) is 75.2 Å². The van der Waals surface area contributed by atoms with Gasteiger partial charge in [-0.3, -0.25) is 4.79 Å². The van der Waals surface area contributed by atoms with E-state index in [1.165, 1.54) is 0 Å². The van der Waals surface area contributed by atoms with Crippen molar-refractivity contribution in [3.05, 3.63) is 0 Å². The topological polar surface area (TPSA) is 84.9 Å². The van der Waals surface area contributed by atoms with Gasteiger partial charge >= 0.3 is 12.1 Å². The van der Waals surface area contributed by atoms with Crippen LogP contribution in [-0.4, -0.2) is 43.2 Å². The SMILES string of the molecule is CC(C)C[C@H](NC(=O)OC(C)(C)C)[C@H](C[C@@H](C)C(=O)O)O[Si](C)(C)C(C)(C)C. The van der Waals surface area contributed by atoms with Crippen LogP contribution in [0.4, 0.5) is 4.79 Å². The first-order valence-electron chi connectivity index (χ1n) is 10.3. The first-order chi connectivity index (χ1) is 12.4. The molecule has 6 nitrogen and oxygen atoms in total. The van der Waals surface area contributed by atoms with Crippen molar-refractivity contribution in [2.45, 2.75) is 111 Å². The summed E-state index contributed by atoms with van der Waals surface area (Å²) in [7, 11) is -2.17. The Hall–Kier alpha value is -1.08. The van der Waals surface area contributed by atoms with Gasteiger partial charge in [-0.15, -0.1) is 0 Å². The number of amides is 1. The monoisotopic (exact) mass is 417 g/mol. The summed E-state index contributed by atoms with van der Waals surface area (Å²) >= 11 is 0. The highest BCUT2D eigenvalue weighted by Crippen LogP contribution is 2.38. The molecule has 0 aromatic rings. The predicted octanol–water partition coefficient (Wildman–Crippen LogP) is 5.43. The Kier molecular flexibility index (Phi) is 9.71. The fraction of sp³-hybridized carbons (Fsp3) is 0.905. The second kappa shape index (κ2) is 10.1. The van der Waals surface area contributed by atoms with E-state index in [4.69, 9.17) is 9.16 Å². The fourth-order valence-electron chi connectivity index (χ4n) is 2.57. The zero-order chi connectivity index (χ0) is 22.5. The maximum Gasteiger partial charge on any atom is 0.407 e. The molecule has 0 aliphatic heterocycles. The summed E-state index contributed by atoms with van der Waals surface area (Å²) in [6.45, 7) is 22.0. The Morgan fingerprint density at radius 2 is 1.50 bits per heavy atom. The van der Waals surface area contributed by atoms with Crippen LogP contribution in [-0.2, 0) is 14.0 Å². The Morgan fingerprint density at radius 1 is 1.00 bits per heavy atom. The fourth-order valence-corrected chi connectivity index (χ4v) is 3.94. The largest absolute Gasteiger partial charge is 0.481 e. The highest BCUT2D eigenvalue weighted by Gasteiger charge is 2.42. The van der Waals surface area contributed by atoms with Crippen LogP contribution in [0.5, 0.6) is 0 Å². The number of carboxylic acid groups (broad SMARTS) is 1. The lowest BCUT2D eigenvalue weighted by Gasteiger charge is -2.42. The number of alkyl carbamates (subject to hydrolysis) is 1. The first-order valence-corrected chi connectivity index (χ1v) is 13.2. The number of nitrogens with one attached hydrogen (secondary N) is 1. The molecular weight excluding hydrogens is 374 g/mol. The molecule has 28 heavy (non-hydrogen) atoms. The second-order valence-electron chi connectivity index (χ2n) is 10.8. The second-order valence-corrected chi connectivity index (χ2v) is 15.5. The summed E-state index contributed by atoms with van der Waals surface area (Å²) in [5, 5.41) is 12.4. The number of ether oxygens (including phenoxy) is 1. The van der Waals surface area contributed by atoms with Gasteiger partial charge in [0.2, 0.25) is 0 Å². The summed E-state index contributed by atoms with van der Waals surface area (Å²) in [6.07, 6.45) is 0.145. The molecular formula is C21H43NO5Si. The zero-order valence-electron chi connectivity index (χ0n) is 19.8. The van der Waals surface area contributed by atoms with Crippen molar-refractivity contribution in [2.24, 2.45) is 11.8 Å². The zero-order valence-corrected chi connectivity index (χ0v) is 20.8. The van der Waals surface area contributed by atoms with Gasteiger partial charge in [0, 0.05) is 0 Å². The average molecular weight is 418 g/mol. The van der Waals surface area contributed by atoms with Gasteiger partial charge < -0.3 is 19.6 Å². The Labute approximate surface area is 172 Å². The number of aliphatic carboxylic acids is 1. The summed E-state index contributed by atoms with van der Waals surface area (Å²) in [6, 6.07) is -0.314. The number of carboxylic acids is 1. The maximum atomic E-state index is 12.4. The molecule has 0 aromatic carbocycles. The molecule has 0 heterocycles. The predicted molar refractivity (Wildman–Crippen MR) is 116 cm³/mol. The van der Waals surface area contributed by atoms with Gasteiger partial charge in [-0.1, -0.05) is 41.5 Å². The first kappa shape index (κ1) is 26.9. The van der Waals surface area contributed by atoms with Crippen molar-refractivity contribution in [1.82, 2.24) is 5.32 Å². The van der Waals surface area contributed by atoms with Crippen LogP contribution < -0.4 is 5.32 Å². The van der Waals surface area contributed by atoms with E-state index in [2.05, 4.69) is 53.0 Å². The Bertz CT molecular complexity index is 520. The molecule has 0 saturated heterocycles. The van der Waals surface area contributed by atoms with Crippen LogP contribution in [0, 0.1) is 11.8 Å². The lowest BCUT2D eigenvalue weighted by atomic mass is 9.93. The molecule has 0 aliphatic carbocycles. The minimum absolute atomic E-state index is 0.0218. The Balaban J connectivity index is 5.74. The molecule has 7 heteroatoms.